The normalized spacial score (nSPS) is 45.7. The van der Waals surface area contributed by atoms with E-state index < -0.39 is 167 Å². The Morgan fingerprint density at radius 1 is 0.481 bits per heavy atom. The summed E-state index contributed by atoms with van der Waals surface area (Å²) in [4.78, 5) is 36.1. The van der Waals surface area contributed by atoms with Crippen molar-refractivity contribution < 1.29 is 104 Å². The molecule has 0 aliphatic carbocycles. The Morgan fingerprint density at radius 3 is 1.48 bits per heavy atom. The van der Waals surface area contributed by atoms with Crippen LogP contribution in [0.1, 0.15) is 20.8 Å². The highest BCUT2D eigenvalue weighted by Gasteiger charge is 2.54. The second-order valence-corrected chi connectivity index (χ2v) is 13.4. The van der Waals surface area contributed by atoms with Crippen LogP contribution in [-0.4, -0.2) is 223 Å². The quantitative estimate of drug-likeness (QED) is 0.0823. The Labute approximate surface area is 307 Å². The van der Waals surface area contributed by atoms with E-state index in [1.807, 2.05) is 0 Å². The van der Waals surface area contributed by atoms with E-state index in [1.165, 1.54) is 0 Å². The molecule has 3 amide bonds. The van der Waals surface area contributed by atoms with Crippen LogP contribution in [0.3, 0.4) is 0 Å². The highest BCUT2D eigenvalue weighted by atomic mass is 16.7. The number of hydrogen-bond donors (Lipinski definition) is 14. The molecule has 0 radical (unpaired) electrons. The van der Waals surface area contributed by atoms with E-state index in [0.717, 1.165) is 20.8 Å². The largest absolute Gasteiger partial charge is 0.394 e. The number of nitrogens with one attached hydrogen (secondary N) is 3. The van der Waals surface area contributed by atoms with E-state index in [9.17, 15) is 70.6 Å². The second-order valence-electron chi connectivity index (χ2n) is 13.4. The zero-order valence-corrected chi connectivity index (χ0v) is 29.4. The molecule has 14 N–H and O–H groups in total. The fraction of sp³-hybridized carbons (Fsp3) is 0.900. The molecule has 20 atom stereocenters. The van der Waals surface area contributed by atoms with E-state index in [1.54, 1.807) is 0 Å². The first-order chi connectivity index (χ1) is 25.4. The molecule has 0 aromatic rings. The molecule has 24 nitrogen and oxygen atoms in total. The summed E-state index contributed by atoms with van der Waals surface area (Å²) < 4.78 is 39.6. The van der Waals surface area contributed by atoms with Gasteiger partial charge in [0, 0.05) is 20.8 Å². The third kappa shape index (κ3) is 9.97. The molecular formula is C30H51N3O21. The maximum atomic E-state index is 12.2. The van der Waals surface area contributed by atoms with Crippen molar-refractivity contribution in [2.24, 2.45) is 0 Å². The van der Waals surface area contributed by atoms with E-state index in [4.69, 9.17) is 33.2 Å². The van der Waals surface area contributed by atoms with Crippen LogP contribution < -0.4 is 16.0 Å². The van der Waals surface area contributed by atoms with Crippen LogP contribution in [0.5, 0.6) is 0 Å². The van der Waals surface area contributed by atoms with E-state index in [0.29, 0.717) is 0 Å². The summed E-state index contributed by atoms with van der Waals surface area (Å²) in [5.41, 5.74) is 0. The predicted octanol–water partition coefficient (Wildman–Crippen LogP) is -9.32. The number of aliphatic hydroxyl groups is 11. The van der Waals surface area contributed by atoms with Gasteiger partial charge in [0.25, 0.3) is 0 Å². The topological polar surface area (TPSA) is 374 Å². The SMILES string of the molecule is CC(=O)N[C@@H]1[C@@H](O[C@@H]2O[C@H](CO)[C@H](O)[C@H](O)[C@H]2O)[C@@H](O)[C@@H](CO[C@@H]2O[C@H](CO)[C@@H](O[C@@H]3O[C@H](CO)[C@H](O)[C@H](O)[C@H]3NC(C)=O)[C@H](O)[C@H]2NC(C)=O)O[C@@H]1O. The van der Waals surface area contributed by atoms with Crippen LogP contribution in [-0.2, 0) is 47.5 Å². The number of hydrogen-bond acceptors (Lipinski definition) is 21. The zero-order chi connectivity index (χ0) is 40.2. The number of rotatable bonds is 13. The zero-order valence-electron chi connectivity index (χ0n) is 29.4. The van der Waals surface area contributed by atoms with Crippen molar-refractivity contribution in [3.05, 3.63) is 0 Å². The smallest absolute Gasteiger partial charge is 0.217 e. The van der Waals surface area contributed by atoms with Crippen LogP contribution in [0.15, 0.2) is 0 Å². The molecule has 54 heavy (non-hydrogen) atoms. The van der Waals surface area contributed by atoms with Crippen molar-refractivity contribution in [3.63, 3.8) is 0 Å². The Hall–Kier alpha value is -2.31. The monoisotopic (exact) mass is 789 g/mol. The second kappa shape index (κ2) is 19.2. The van der Waals surface area contributed by atoms with Gasteiger partial charge < -0.3 is 105 Å². The summed E-state index contributed by atoms with van der Waals surface area (Å²) in [7, 11) is 0. The molecule has 0 saturated carbocycles. The van der Waals surface area contributed by atoms with Gasteiger partial charge in [-0.15, -0.1) is 0 Å². The van der Waals surface area contributed by atoms with E-state index in [2.05, 4.69) is 16.0 Å². The number of carbonyl (C=O) groups is 3. The van der Waals surface area contributed by atoms with Crippen LogP contribution in [0.25, 0.3) is 0 Å². The van der Waals surface area contributed by atoms with Crippen molar-refractivity contribution in [2.45, 2.75) is 143 Å². The van der Waals surface area contributed by atoms with Gasteiger partial charge in [-0.25, -0.2) is 0 Å². The molecular weight excluding hydrogens is 738 g/mol. The highest BCUT2D eigenvalue weighted by molar-refractivity contribution is 5.74. The lowest BCUT2D eigenvalue weighted by Crippen LogP contribution is -2.70. The lowest BCUT2D eigenvalue weighted by molar-refractivity contribution is -0.350. The van der Waals surface area contributed by atoms with Gasteiger partial charge in [-0.1, -0.05) is 0 Å². The molecule has 4 rings (SSSR count). The minimum absolute atomic E-state index is 0.670. The van der Waals surface area contributed by atoms with E-state index in [-0.39, 0.29) is 0 Å². The molecule has 4 fully saturated rings. The molecule has 0 unspecified atom stereocenters. The highest BCUT2D eigenvalue weighted by Crippen LogP contribution is 2.32. The first-order valence-electron chi connectivity index (χ1n) is 17.1. The van der Waals surface area contributed by atoms with Crippen LogP contribution in [0, 0.1) is 0 Å². The first kappa shape index (κ1) is 44.4. The Balaban J connectivity index is 1.53. The molecule has 0 aromatic carbocycles. The molecule has 0 spiro atoms. The number of amides is 3. The Kier molecular flexibility index (Phi) is 15.8. The average molecular weight is 790 g/mol. The maximum Gasteiger partial charge on any atom is 0.217 e. The summed E-state index contributed by atoms with van der Waals surface area (Å²) in [6.07, 6.45) is -28.7. The van der Waals surface area contributed by atoms with Gasteiger partial charge in [0.1, 0.15) is 97.5 Å². The number of ether oxygens (including phenoxy) is 7. The average Bonchev–Trinajstić information content (AvgIpc) is 3.11. The van der Waals surface area contributed by atoms with Crippen LogP contribution >= 0.6 is 0 Å². The molecule has 4 aliphatic rings. The fourth-order valence-electron chi connectivity index (χ4n) is 6.65. The Morgan fingerprint density at radius 2 is 0.944 bits per heavy atom. The van der Waals surface area contributed by atoms with Crippen molar-refractivity contribution in [1.29, 1.82) is 0 Å². The summed E-state index contributed by atoms with van der Waals surface area (Å²) in [5.74, 6) is -2.09. The molecule has 0 bridgehead atoms. The number of aliphatic hydroxyl groups excluding tert-OH is 11. The minimum Gasteiger partial charge on any atom is -0.394 e. The molecule has 4 heterocycles. The maximum absolute atomic E-state index is 12.2. The summed E-state index contributed by atoms with van der Waals surface area (Å²) in [6, 6.07) is -4.48. The first-order valence-corrected chi connectivity index (χ1v) is 17.1. The van der Waals surface area contributed by atoms with Gasteiger partial charge in [-0.2, -0.15) is 0 Å². The lowest BCUT2D eigenvalue weighted by atomic mass is 9.94. The Bertz CT molecular complexity index is 1250. The van der Waals surface area contributed by atoms with Gasteiger partial charge >= 0.3 is 0 Å². The van der Waals surface area contributed by atoms with Gasteiger partial charge in [0.2, 0.25) is 17.7 Å². The van der Waals surface area contributed by atoms with Gasteiger partial charge in [0.15, 0.2) is 25.2 Å². The molecule has 312 valence electrons. The fourth-order valence-corrected chi connectivity index (χ4v) is 6.65. The van der Waals surface area contributed by atoms with E-state index >= 15 is 0 Å². The van der Waals surface area contributed by atoms with Crippen LogP contribution in [0.2, 0.25) is 0 Å². The molecule has 4 aliphatic heterocycles. The van der Waals surface area contributed by atoms with Crippen molar-refractivity contribution in [3.8, 4) is 0 Å². The summed E-state index contributed by atoms with van der Waals surface area (Å²) in [5, 5.41) is 122. The molecule has 0 aromatic heterocycles. The summed E-state index contributed by atoms with van der Waals surface area (Å²) in [6.45, 7) is 0.103. The molecule has 24 heteroatoms. The van der Waals surface area contributed by atoms with Crippen molar-refractivity contribution in [2.75, 3.05) is 26.4 Å². The minimum atomic E-state index is -1.93. The standard InChI is InChI=1S/C30H51N3O21/c1-8(37)31-15-21(43)18(40)11(4-34)50-29(15)53-25-13(6-36)52-28(16(22(25)44)32-9(2)38)48-7-14-20(42)26(17(27(47)49-14)33-10(3)39)54-30-24(46)23(45)19(41)12(5-35)51-30/h11-30,34-36,40-47H,4-7H2,1-3H3,(H,31,37)(H,32,38)(H,33,39)/t11-,12-,13-,14-,15-,16-,17-,18+,19+,20+,21-,22-,23+,24-,25-,26-,27+,28-,29+,30+/m1/s1. The third-order valence-electron chi connectivity index (χ3n) is 9.39. The summed E-state index contributed by atoms with van der Waals surface area (Å²) >= 11 is 0. The third-order valence-corrected chi connectivity index (χ3v) is 9.39. The van der Waals surface area contributed by atoms with Gasteiger partial charge in [-0.3, -0.25) is 14.4 Å². The lowest BCUT2D eigenvalue weighted by Gasteiger charge is -2.48. The van der Waals surface area contributed by atoms with Crippen LogP contribution in [0.4, 0.5) is 0 Å². The predicted molar refractivity (Wildman–Crippen MR) is 169 cm³/mol. The van der Waals surface area contributed by atoms with Crippen molar-refractivity contribution >= 4 is 17.7 Å². The van der Waals surface area contributed by atoms with Crippen molar-refractivity contribution in [1.82, 2.24) is 16.0 Å². The van der Waals surface area contributed by atoms with Gasteiger partial charge in [-0.05, 0) is 0 Å². The molecule has 4 saturated heterocycles. The van der Waals surface area contributed by atoms with Gasteiger partial charge in [0.05, 0.1) is 26.4 Å². The number of carbonyl (C=O) groups excluding carboxylic acids is 3.